The van der Waals surface area contributed by atoms with Crippen molar-refractivity contribution in [2.75, 3.05) is 18.0 Å². The molecule has 0 radical (unpaired) electrons. The van der Waals surface area contributed by atoms with Crippen LogP contribution in [-0.2, 0) is 19.0 Å². The van der Waals surface area contributed by atoms with Gasteiger partial charge in [-0.25, -0.2) is 4.98 Å². The largest absolute Gasteiger partial charge is 0.371 e. The third-order valence-electron chi connectivity index (χ3n) is 6.79. The zero-order valence-corrected chi connectivity index (χ0v) is 16.5. The average molecular weight is 373 g/mol. The van der Waals surface area contributed by atoms with Gasteiger partial charge in [-0.1, -0.05) is 42.5 Å². The number of nitrogens with zero attached hydrogens (tertiary/aromatic N) is 3. The highest BCUT2D eigenvalue weighted by Crippen LogP contribution is 2.51. The maximum Gasteiger partial charge on any atom is 0.0945 e. The first kappa shape index (κ1) is 17.5. The molecule has 5 rings (SSSR count). The smallest absolute Gasteiger partial charge is 0.0945 e. The zero-order valence-electron chi connectivity index (χ0n) is 16.5. The summed E-state index contributed by atoms with van der Waals surface area (Å²) in [7, 11) is 2.06. The molecule has 1 aliphatic carbocycles. The Morgan fingerprint density at radius 1 is 1.04 bits per heavy atom. The van der Waals surface area contributed by atoms with Crippen molar-refractivity contribution >= 4 is 5.69 Å². The van der Waals surface area contributed by atoms with E-state index in [0.717, 1.165) is 19.6 Å². The van der Waals surface area contributed by atoms with Crippen molar-refractivity contribution in [2.24, 2.45) is 7.05 Å². The van der Waals surface area contributed by atoms with Gasteiger partial charge in [-0.3, -0.25) is 0 Å². The Morgan fingerprint density at radius 2 is 1.79 bits per heavy atom. The molecule has 4 nitrogen and oxygen atoms in total. The van der Waals surface area contributed by atoms with Crippen LogP contribution in [-0.4, -0.2) is 22.6 Å². The highest BCUT2D eigenvalue weighted by molar-refractivity contribution is 5.49. The number of fused-ring (bicyclic) bond motifs is 2. The van der Waals surface area contributed by atoms with Crippen LogP contribution in [0.15, 0.2) is 67.1 Å². The van der Waals surface area contributed by atoms with Crippen LogP contribution in [0, 0.1) is 0 Å². The lowest BCUT2D eigenvalue weighted by atomic mass is 9.73. The lowest BCUT2D eigenvalue weighted by molar-refractivity contribution is 0.300. The summed E-state index contributed by atoms with van der Waals surface area (Å²) < 4.78 is 2.10. The molecule has 28 heavy (non-hydrogen) atoms. The predicted octanol–water partition coefficient (Wildman–Crippen LogP) is 4.19. The number of imidazole rings is 1. The Morgan fingerprint density at radius 3 is 2.54 bits per heavy atom. The maximum absolute atomic E-state index is 4.25. The van der Waals surface area contributed by atoms with E-state index in [4.69, 9.17) is 0 Å². The van der Waals surface area contributed by atoms with Gasteiger partial charge in [0.05, 0.1) is 12.0 Å². The Hall–Kier alpha value is -2.59. The van der Waals surface area contributed by atoms with Crippen LogP contribution in [0.3, 0.4) is 0 Å². The summed E-state index contributed by atoms with van der Waals surface area (Å²) in [5.74, 6) is 0. The van der Waals surface area contributed by atoms with Crippen molar-refractivity contribution in [2.45, 2.75) is 37.3 Å². The van der Waals surface area contributed by atoms with Crippen molar-refractivity contribution in [3.05, 3.63) is 83.9 Å². The molecule has 1 aromatic heterocycles. The second-order valence-corrected chi connectivity index (χ2v) is 8.32. The Bertz CT molecular complexity index is 938. The second-order valence-electron chi connectivity index (χ2n) is 8.32. The zero-order chi connectivity index (χ0) is 19.0. The summed E-state index contributed by atoms with van der Waals surface area (Å²) in [6, 6.07) is 20.4. The molecular formula is C24H28N4. The van der Waals surface area contributed by atoms with E-state index in [-0.39, 0.29) is 0 Å². The van der Waals surface area contributed by atoms with Crippen molar-refractivity contribution in [1.82, 2.24) is 14.9 Å². The van der Waals surface area contributed by atoms with E-state index in [0.29, 0.717) is 11.5 Å². The van der Waals surface area contributed by atoms with Gasteiger partial charge in [0.15, 0.2) is 0 Å². The number of hydrogen-bond donors (Lipinski definition) is 1. The van der Waals surface area contributed by atoms with E-state index in [2.05, 4.69) is 81.4 Å². The third-order valence-corrected chi connectivity index (χ3v) is 6.79. The summed E-state index contributed by atoms with van der Waals surface area (Å²) in [6.45, 7) is 3.13. The molecule has 0 bridgehead atoms. The van der Waals surface area contributed by atoms with Crippen LogP contribution in [0.1, 0.15) is 42.1 Å². The first-order valence-electron chi connectivity index (χ1n) is 10.3. The average Bonchev–Trinajstić information content (AvgIpc) is 3.29. The topological polar surface area (TPSA) is 33.1 Å². The highest BCUT2D eigenvalue weighted by Gasteiger charge is 2.45. The fraction of sp³-hybridized carbons (Fsp3) is 0.375. The fourth-order valence-corrected chi connectivity index (χ4v) is 5.16. The minimum atomic E-state index is 0.312. The first-order valence-corrected chi connectivity index (χ1v) is 10.3. The summed E-state index contributed by atoms with van der Waals surface area (Å²) in [6.07, 6.45) is 7.49. The van der Waals surface area contributed by atoms with Crippen molar-refractivity contribution in [1.29, 1.82) is 0 Å². The molecule has 2 heterocycles. The molecule has 2 aliphatic rings. The number of benzene rings is 2. The lowest BCUT2D eigenvalue weighted by Crippen LogP contribution is -2.42. The second kappa shape index (κ2) is 7.10. The molecule has 3 aromatic rings. The standard InChI is InChI=1S/C24H28N4/c1-27-18-25-16-20(27)17-26-23-15-24(22-10-6-5-9-21(22)23)11-13-28(14-12-24)19-7-3-2-4-8-19/h2-10,16,18,23,26H,11-15,17H2,1H3. The Balaban J connectivity index is 1.34. The maximum atomic E-state index is 4.25. The molecule has 1 fully saturated rings. The number of piperidine rings is 1. The first-order chi connectivity index (χ1) is 13.8. The third kappa shape index (κ3) is 3.02. The number of para-hydroxylation sites is 1. The van der Waals surface area contributed by atoms with E-state index in [1.807, 2.05) is 12.5 Å². The van der Waals surface area contributed by atoms with Gasteiger partial charge >= 0.3 is 0 Å². The number of nitrogens with one attached hydrogen (secondary N) is 1. The summed E-state index contributed by atoms with van der Waals surface area (Å²) in [4.78, 5) is 6.80. The van der Waals surface area contributed by atoms with Crippen LogP contribution in [0.5, 0.6) is 0 Å². The molecule has 1 saturated heterocycles. The minimum absolute atomic E-state index is 0.312. The number of anilines is 1. The molecule has 1 aliphatic heterocycles. The number of aryl methyl sites for hydroxylation is 1. The molecule has 1 spiro atoms. The van der Waals surface area contributed by atoms with Crippen LogP contribution in [0.2, 0.25) is 0 Å². The summed E-state index contributed by atoms with van der Waals surface area (Å²) in [5.41, 5.74) is 5.97. The molecular weight excluding hydrogens is 344 g/mol. The van der Waals surface area contributed by atoms with Crippen molar-refractivity contribution in [3.8, 4) is 0 Å². The van der Waals surface area contributed by atoms with Gasteiger partial charge in [-0.05, 0) is 42.5 Å². The number of rotatable bonds is 4. The lowest BCUT2D eigenvalue weighted by Gasteiger charge is -2.41. The molecule has 1 N–H and O–H groups in total. The highest BCUT2D eigenvalue weighted by atomic mass is 15.1. The predicted molar refractivity (Wildman–Crippen MR) is 113 cm³/mol. The van der Waals surface area contributed by atoms with Gasteiger partial charge in [0, 0.05) is 50.0 Å². The van der Waals surface area contributed by atoms with Gasteiger partial charge in [0.1, 0.15) is 0 Å². The molecule has 144 valence electrons. The molecule has 4 heteroatoms. The molecule has 1 unspecified atom stereocenters. The van der Waals surface area contributed by atoms with Gasteiger partial charge in [0.25, 0.3) is 0 Å². The SMILES string of the molecule is Cn1cncc1CNC1CC2(CCN(c3ccccc3)CC2)c2ccccc21. The number of aromatic nitrogens is 2. The van der Waals surface area contributed by atoms with Crippen LogP contribution < -0.4 is 10.2 Å². The van der Waals surface area contributed by atoms with Gasteiger partial charge in [0.2, 0.25) is 0 Å². The van der Waals surface area contributed by atoms with Crippen molar-refractivity contribution < 1.29 is 0 Å². The molecule has 2 aromatic carbocycles. The van der Waals surface area contributed by atoms with Crippen molar-refractivity contribution in [3.63, 3.8) is 0 Å². The Labute approximate surface area is 167 Å². The van der Waals surface area contributed by atoms with Crippen LogP contribution >= 0.6 is 0 Å². The van der Waals surface area contributed by atoms with E-state index in [9.17, 15) is 0 Å². The summed E-state index contributed by atoms with van der Waals surface area (Å²) >= 11 is 0. The monoisotopic (exact) mass is 372 g/mol. The molecule has 1 atom stereocenters. The van der Waals surface area contributed by atoms with E-state index < -0.39 is 0 Å². The van der Waals surface area contributed by atoms with Crippen LogP contribution in [0.4, 0.5) is 5.69 Å². The van der Waals surface area contributed by atoms with Crippen LogP contribution in [0.25, 0.3) is 0 Å². The quantitative estimate of drug-likeness (QED) is 0.745. The molecule has 0 amide bonds. The minimum Gasteiger partial charge on any atom is -0.371 e. The van der Waals surface area contributed by atoms with E-state index >= 15 is 0 Å². The molecule has 0 saturated carbocycles. The summed E-state index contributed by atoms with van der Waals surface area (Å²) in [5, 5.41) is 3.82. The van der Waals surface area contributed by atoms with E-state index in [1.165, 1.54) is 36.2 Å². The van der Waals surface area contributed by atoms with Gasteiger partial charge < -0.3 is 14.8 Å². The van der Waals surface area contributed by atoms with E-state index in [1.54, 1.807) is 5.56 Å². The fourth-order valence-electron chi connectivity index (χ4n) is 5.16. The van der Waals surface area contributed by atoms with Gasteiger partial charge in [-0.2, -0.15) is 0 Å². The number of hydrogen-bond acceptors (Lipinski definition) is 3. The normalized spacial score (nSPS) is 20.5. The Kier molecular flexibility index (Phi) is 4.44. The van der Waals surface area contributed by atoms with Gasteiger partial charge in [-0.15, -0.1) is 0 Å².